The van der Waals surface area contributed by atoms with Crippen LogP contribution in [-0.4, -0.2) is 41.0 Å². The Morgan fingerprint density at radius 3 is 1.31 bits per heavy atom. The van der Waals surface area contributed by atoms with Crippen molar-refractivity contribution in [2.45, 2.75) is 148 Å². The van der Waals surface area contributed by atoms with Crippen LogP contribution in [0.25, 0.3) is 0 Å². The molecule has 2 N–H and O–H groups in total. The molecule has 0 radical (unpaired) electrons. The van der Waals surface area contributed by atoms with E-state index in [1.807, 2.05) is 0 Å². The van der Waals surface area contributed by atoms with Gasteiger partial charge < -0.3 is 19.3 Å². The molecule has 0 aliphatic carbocycles. The van der Waals surface area contributed by atoms with Crippen LogP contribution in [-0.2, 0) is 28.2 Å². The largest absolute Gasteiger partial charge is 0.469 e. The predicted octanol–water partition coefficient (Wildman–Crippen LogP) is 11.8. The molecule has 0 fully saturated rings. The summed E-state index contributed by atoms with van der Waals surface area (Å²) in [6.07, 6.45) is 51.2. The lowest BCUT2D eigenvalue weighted by Crippen LogP contribution is -2.29. The van der Waals surface area contributed by atoms with Gasteiger partial charge in [-0.1, -0.05) is 137 Å². The number of unbranched alkanes of at least 4 members (excludes halogenated alkanes) is 8. The van der Waals surface area contributed by atoms with Crippen LogP contribution in [0.2, 0.25) is 0 Å². The maximum Gasteiger partial charge on any atom is 0.469 e. The fraction of sp³-hybridized carbons (Fsp3) is 0.581. The number of allylic oxidation sites excluding steroid dienone is 16. The summed E-state index contributed by atoms with van der Waals surface area (Å²) in [5.74, 6) is -0.954. The second kappa shape index (κ2) is 37.7. The van der Waals surface area contributed by atoms with Gasteiger partial charge in [-0.15, -0.1) is 0 Å². The number of esters is 2. The smallest absolute Gasteiger partial charge is 0.462 e. The first kappa shape index (κ1) is 49.0. The third-order valence-corrected chi connectivity index (χ3v) is 8.08. The molecule has 0 saturated heterocycles. The van der Waals surface area contributed by atoms with Crippen LogP contribution >= 0.6 is 7.82 Å². The molecule has 294 valence electrons. The fourth-order valence-electron chi connectivity index (χ4n) is 4.76. The van der Waals surface area contributed by atoms with E-state index in [4.69, 9.17) is 19.3 Å². The molecule has 0 amide bonds. The maximum atomic E-state index is 12.4. The lowest BCUT2D eigenvalue weighted by Gasteiger charge is -2.18. The molecule has 0 spiro atoms. The van der Waals surface area contributed by atoms with Crippen molar-refractivity contribution < 1.29 is 37.9 Å². The van der Waals surface area contributed by atoms with Gasteiger partial charge in [-0.25, -0.2) is 4.57 Å². The summed E-state index contributed by atoms with van der Waals surface area (Å²) in [4.78, 5) is 42.8. The quantitative estimate of drug-likeness (QED) is 0.0289. The SMILES string of the molecule is CC/C=C/C/C=C/C/C=C/C/C=C/C/C=C/CCCCCC(=O)O[C@H](COC(=O)CCCCCCC/C=C/C/C=C/C/C=C/CC)COP(=O)(O)O. The zero-order valence-corrected chi connectivity index (χ0v) is 33.1. The van der Waals surface area contributed by atoms with Gasteiger partial charge in [-0.3, -0.25) is 14.1 Å². The van der Waals surface area contributed by atoms with Gasteiger partial charge >= 0.3 is 19.8 Å². The number of carbonyl (C=O) groups excluding carboxylic acids is 2. The van der Waals surface area contributed by atoms with Crippen molar-refractivity contribution in [3.05, 3.63) is 97.2 Å². The van der Waals surface area contributed by atoms with Crippen LogP contribution in [0, 0.1) is 0 Å². The molecular weight excluding hydrogens is 675 g/mol. The van der Waals surface area contributed by atoms with Crippen LogP contribution in [0.15, 0.2) is 97.2 Å². The average molecular weight is 745 g/mol. The maximum absolute atomic E-state index is 12.4. The van der Waals surface area contributed by atoms with Crippen molar-refractivity contribution in [3.8, 4) is 0 Å². The Balaban J connectivity index is 4.08. The monoisotopic (exact) mass is 744 g/mol. The molecule has 0 aliphatic heterocycles. The fourth-order valence-corrected chi connectivity index (χ4v) is 5.13. The van der Waals surface area contributed by atoms with Gasteiger partial charge in [0.15, 0.2) is 6.10 Å². The summed E-state index contributed by atoms with van der Waals surface area (Å²) in [7, 11) is -4.77. The van der Waals surface area contributed by atoms with E-state index in [1.165, 1.54) is 0 Å². The summed E-state index contributed by atoms with van der Waals surface area (Å²) in [5.41, 5.74) is 0. The molecule has 9 heteroatoms. The minimum Gasteiger partial charge on any atom is -0.462 e. The van der Waals surface area contributed by atoms with Gasteiger partial charge in [0, 0.05) is 12.8 Å². The second-order valence-electron chi connectivity index (χ2n) is 12.5. The van der Waals surface area contributed by atoms with E-state index in [1.54, 1.807) is 0 Å². The summed E-state index contributed by atoms with van der Waals surface area (Å²) in [5, 5.41) is 0. The van der Waals surface area contributed by atoms with E-state index in [2.05, 4.69) is 116 Å². The summed E-state index contributed by atoms with van der Waals surface area (Å²) in [6, 6.07) is 0. The standard InChI is InChI=1S/C43H69O8P/c1-3-5-7-9-11-13-15-17-19-20-21-22-24-26-28-30-32-34-36-38-43(45)51-41(40-50-52(46,47)48)39-49-42(44)37-35-33-31-29-27-25-23-18-16-14-12-10-8-6-4-2/h5-8,11-14,17-19,21-23,26,28,41H,3-4,9-10,15-16,20,24-25,27,29-40H2,1-2H3,(H2,46,47,48)/b7-5+,8-6+,13-11+,14-12+,19-17+,22-21+,23-18+,28-26+/t41-/m1/s1. The van der Waals surface area contributed by atoms with Crippen molar-refractivity contribution in [1.82, 2.24) is 0 Å². The third kappa shape index (κ3) is 39.8. The second-order valence-corrected chi connectivity index (χ2v) is 13.7. The van der Waals surface area contributed by atoms with Crippen molar-refractivity contribution in [3.63, 3.8) is 0 Å². The highest BCUT2D eigenvalue weighted by atomic mass is 31.2. The Kier molecular flexibility index (Phi) is 35.5. The van der Waals surface area contributed by atoms with Gasteiger partial charge in [0.2, 0.25) is 0 Å². The molecule has 0 aromatic carbocycles. The highest BCUT2D eigenvalue weighted by Crippen LogP contribution is 2.36. The van der Waals surface area contributed by atoms with Gasteiger partial charge in [-0.05, 0) is 89.9 Å². The summed E-state index contributed by atoms with van der Waals surface area (Å²) >= 11 is 0. The van der Waals surface area contributed by atoms with Crippen LogP contribution < -0.4 is 0 Å². The molecule has 0 unspecified atom stereocenters. The Labute approximate surface area is 315 Å². The summed E-state index contributed by atoms with van der Waals surface area (Å²) < 4.78 is 26.3. The van der Waals surface area contributed by atoms with E-state index in [-0.39, 0.29) is 19.4 Å². The highest BCUT2D eigenvalue weighted by Gasteiger charge is 2.22. The number of hydrogen-bond donors (Lipinski definition) is 2. The molecule has 1 atom stereocenters. The molecule has 0 aromatic rings. The average Bonchev–Trinajstić information content (AvgIpc) is 3.11. The minimum atomic E-state index is -4.77. The molecule has 0 aliphatic rings. The molecule has 0 saturated carbocycles. The number of carbonyl (C=O) groups is 2. The van der Waals surface area contributed by atoms with Crippen LogP contribution in [0.5, 0.6) is 0 Å². The van der Waals surface area contributed by atoms with Gasteiger partial charge in [0.05, 0.1) is 6.61 Å². The molecule has 8 nitrogen and oxygen atoms in total. The topological polar surface area (TPSA) is 119 Å². The van der Waals surface area contributed by atoms with Crippen molar-refractivity contribution >= 4 is 19.8 Å². The Morgan fingerprint density at radius 1 is 0.500 bits per heavy atom. The van der Waals surface area contributed by atoms with Crippen LogP contribution in [0.1, 0.15) is 142 Å². The Hall–Kier alpha value is -3.03. The van der Waals surface area contributed by atoms with E-state index < -0.39 is 32.5 Å². The van der Waals surface area contributed by atoms with E-state index in [0.29, 0.717) is 12.8 Å². The number of phosphoric acid groups is 1. The summed E-state index contributed by atoms with van der Waals surface area (Å²) in [6.45, 7) is 3.39. The van der Waals surface area contributed by atoms with E-state index >= 15 is 0 Å². The van der Waals surface area contributed by atoms with E-state index in [0.717, 1.165) is 103 Å². The predicted molar refractivity (Wildman–Crippen MR) is 216 cm³/mol. The lowest BCUT2D eigenvalue weighted by molar-refractivity contribution is -0.161. The van der Waals surface area contributed by atoms with Crippen molar-refractivity contribution in [1.29, 1.82) is 0 Å². The number of rotatable bonds is 34. The lowest BCUT2D eigenvalue weighted by atomic mass is 10.1. The molecule has 0 aromatic heterocycles. The normalized spacial score (nSPS) is 13.5. The highest BCUT2D eigenvalue weighted by molar-refractivity contribution is 7.46. The van der Waals surface area contributed by atoms with Gasteiger partial charge in [-0.2, -0.15) is 0 Å². The zero-order valence-electron chi connectivity index (χ0n) is 32.2. The first-order valence-electron chi connectivity index (χ1n) is 19.5. The van der Waals surface area contributed by atoms with E-state index in [9.17, 15) is 14.2 Å². The molecule has 52 heavy (non-hydrogen) atoms. The number of phosphoric ester groups is 1. The molecule has 0 heterocycles. The molecule has 0 rings (SSSR count). The van der Waals surface area contributed by atoms with Gasteiger partial charge in [0.25, 0.3) is 0 Å². The first-order chi connectivity index (χ1) is 25.3. The Morgan fingerprint density at radius 2 is 0.865 bits per heavy atom. The number of hydrogen-bond acceptors (Lipinski definition) is 6. The zero-order chi connectivity index (χ0) is 38.2. The molecular formula is C43H69O8P. The number of ether oxygens (including phenoxy) is 2. The van der Waals surface area contributed by atoms with Crippen LogP contribution in [0.4, 0.5) is 0 Å². The van der Waals surface area contributed by atoms with Crippen molar-refractivity contribution in [2.24, 2.45) is 0 Å². The van der Waals surface area contributed by atoms with Crippen LogP contribution in [0.3, 0.4) is 0 Å². The van der Waals surface area contributed by atoms with Gasteiger partial charge in [0.1, 0.15) is 6.61 Å². The molecule has 0 bridgehead atoms. The third-order valence-electron chi connectivity index (χ3n) is 7.60. The minimum absolute atomic E-state index is 0.163. The van der Waals surface area contributed by atoms with Crippen molar-refractivity contribution in [2.75, 3.05) is 13.2 Å². The Bertz CT molecular complexity index is 1160. The first-order valence-corrected chi connectivity index (χ1v) is 21.1.